The number of thiol groups is 1. The van der Waals surface area contributed by atoms with Crippen molar-refractivity contribution >= 4 is 30.3 Å². The number of anilines is 2. The van der Waals surface area contributed by atoms with Gasteiger partial charge in [-0.05, 0) is 42.0 Å². The highest BCUT2D eigenvalue weighted by Gasteiger charge is 2.36. The summed E-state index contributed by atoms with van der Waals surface area (Å²) < 4.78 is 45.6. The second-order valence-corrected chi connectivity index (χ2v) is 10.9. The molecule has 2 N–H and O–H groups in total. The lowest BCUT2D eigenvalue weighted by atomic mass is 9.79. The SMILES string of the molecule is CC(CO)C(S)COc1cccc(NC(=O)N2CCC(C)(C)c3ccc(-c4cccc(C(F)(F)F)c4)nc32)n1. The third kappa shape index (κ3) is 6.65. The van der Waals surface area contributed by atoms with Crippen molar-refractivity contribution in [2.24, 2.45) is 5.92 Å². The van der Waals surface area contributed by atoms with Gasteiger partial charge >= 0.3 is 12.2 Å². The number of amides is 2. The molecule has 0 fully saturated rings. The number of carbonyl (C=O) groups is 1. The van der Waals surface area contributed by atoms with Gasteiger partial charge in [-0.2, -0.15) is 30.8 Å². The van der Waals surface area contributed by atoms with Crippen molar-refractivity contribution in [3.05, 3.63) is 65.7 Å². The number of alkyl halides is 3. The van der Waals surface area contributed by atoms with Gasteiger partial charge in [-0.15, -0.1) is 0 Å². The zero-order valence-electron chi connectivity index (χ0n) is 21.9. The number of aromatic nitrogens is 2. The Morgan fingerprint density at radius 2 is 1.92 bits per heavy atom. The largest absolute Gasteiger partial charge is 0.476 e. The van der Waals surface area contributed by atoms with E-state index < -0.39 is 17.8 Å². The summed E-state index contributed by atoms with van der Waals surface area (Å²) in [6, 6.07) is 13.0. The van der Waals surface area contributed by atoms with Crippen molar-refractivity contribution in [2.75, 3.05) is 30.0 Å². The molecular weight excluding hydrogens is 529 g/mol. The highest BCUT2D eigenvalue weighted by Crippen LogP contribution is 2.40. The number of rotatable bonds is 7. The number of hydrogen-bond donors (Lipinski definition) is 3. The molecule has 2 amide bonds. The van der Waals surface area contributed by atoms with Crippen LogP contribution in [0.2, 0.25) is 0 Å². The number of halogens is 3. The monoisotopic (exact) mass is 560 g/mol. The molecule has 0 saturated carbocycles. The van der Waals surface area contributed by atoms with Gasteiger partial charge in [-0.3, -0.25) is 10.2 Å². The summed E-state index contributed by atoms with van der Waals surface area (Å²) in [6.45, 7) is 6.52. The minimum absolute atomic E-state index is 0.0152. The lowest BCUT2D eigenvalue weighted by Gasteiger charge is -2.38. The molecule has 0 radical (unpaired) electrons. The summed E-state index contributed by atoms with van der Waals surface area (Å²) in [6.07, 6.45) is -3.81. The maximum absolute atomic E-state index is 13.4. The van der Waals surface area contributed by atoms with Crippen LogP contribution in [-0.2, 0) is 11.6 Å². The molecule has 208 valence electrons. The third-order valence-corrected chi connectivity index (χ3v) is 7.51. The lowest BCUT2D eigenvalue weighted by Crippen LogP contribution is -2.44. The molecule has 0 spiro atoms. The predicted molar refractivity (Wildman–Crippen MR) is 147 cm³/mol. The number of aliphatic hydroxyl groups excluding tert-OH is 1. The fourth-order valence-electron chi connectivity index (χ4n) is 4.23. The van der Waals surface area contributed by atoms with Crippen molar-refractivity contribution in [2.45, 2.75) is 44.0 Å². The molecule has 0 aliphatic carbocycles. The molecule has 1 aliphatic heterocycles. The van der Waals surface area contributed by atoms with Crippen LogP contribution in [0.3, 0.4) is 0 Å². The first-order chi connectivity index (χ1) is 18.4. The average Bonchev–Trinajstić information content (AvgIpc) is 2.90. The molecular formula is C28H31F3N4O3S. The van der Waals surface area contributed by atoms with E-state index in [0.717, 1.165) is 17.7 Å². The van der Waals surface area contributed by atoms with E-state index in [0.29, 0.717) is 35.9 Å². The standard InChI is InChI=1S/C28H31F3N4O3S/c1-17(15-36)22(39)16-38-24-9-5-8-23(33-24)34-26(37)35-13-12-27(2,3)20-10-11-21(32-25(20)35)18-6-4-7-19(14-18)28(29,30)31/h4-11,14,17,22,36,39H,12-13,15-16H2,1-3H3,(H,33,34,37). The van der Waals surface area contributed by atoms with Gasteiger partial charge in [0.25, 0.3) is 0 Å². The van der Waals surface area contributed by atoms with Gasteiger partial charge in [0.1, 0.15) is 18.2 Å². The Morgan fingerprint density at radius 3 is 2.64 bits per heavy atom. The molecule has 2 aromatic heterocycles. The van der Waals surface area contributed by atoms with Crippen molar-refractivity contribution in [3.8, 4) is 17.1 Å². The molecule has 2 atom stereocenters. The highest BCUT2D eigenvalue weighted by molar-refractivity contribution is 7.81. The highest BCUT2D eigenvalue weighted by atomic mass is 32.1. The molecule has 1 aromatic carbocycles. The quantitative estimate of drug-likeness (QED) is 0.300. The van der Waals surface area contributed by atoms with Crippen molar-refractivity contribution in [3.63, 3.8) is 0 Å². The number of urea groups is 1. The molecule has 39 heavy (non-hydrogen) atoms. The average molecular weight is 561 g/mol. The van der Waals surface area contributed by atoms with Crippen LogP contribution in [-0.4, -0.2) is 46.1 Å². The fraction of sp³-hybridized carbons (Fsp3) is 0.393. The zero-order chi connectivity index (χ0) is 28.4. The molecule has 11 heteroatoms. The Balaban J connectivity index is 1.58. The minimum Gasteiger partial charge on any atom is -0.476 e. The Labute approximate surface area is 230 Å². The van der Waals surface area contributed by atoms with Gasteiger partial charge in [0.05, 0.1) is 11.3 Å². The number of aliphatic hydroxyl groups is 1. The van der Waals surface area contributed by atoms with Gasteiger partial charge in [-0.1, -0.05) is 45.0 Å². The molecule has 0 bridgehead atoms. The van der Waals surface area contributed by atoms with E-state index in [-0.39, 0.29) is 35.6 Å². The van der Waals surface area contributed by atoms with E-state index in [1.807, 2.05) is 26.8 Å². The zero-order valence-corrected chi connectivity index (χ0v) is 22.8. The smallest absolute Gasteiger partial charge is 0.416 e. The summed E-state index contributed by atoms with van der Waals surface area (Å²) in [4.78, 5) is 23.9. The third-order valence-electron chi connectivity index (χ3n) is 6.86. The van der Waals surface area contributed by atoms with E-state index >= 15 is 0 Å². The summed E-state index contributed by atoms with van der Waals surface area (Å²) in [5.74, 6) is 0.890. The summed E-state index contributed by atoms with van der Waals surface area (Å²) in [7, 11) is 0. The van der Waals surface area contributed by atoms with Gasteiger partial charge in [-0.25, -0.2) is 9.78 Å². The Morgan fingerprint density at radius 1 is 1.18 bits per heavy atom. The van der Waals surface area contributed by atoms with Gasteiger partial charge in [0, 0.05) is 35.6 Å². The van der Waals surface area contributed by atoms with Crippen molar-refractivity contribution < 1.29 is 27.8 Å². The number of fused-ring (bicyclic) bond motifs is 1. The Kier molecular flexibility index (Phi) is 8.41. The van der Waals surface area contributed by atoms with E-state index in [9.17, 15) is 23.1 Å². The maximum atomic E-state index is 13.4. The number of benzene rings is 1. The summed E-state index contributed by atoms with van der Waals surface area (Å²) in [5.41, 5.74) is 0.412. The molecule has 3 heterocycles. The van der Waals surface area contributed by atoms with Crippen LogP contribution in [0.1, 0.15) is 38.3 Å². The van der Waals surface area contributed by atoms with Crippen LogP contribution in [0.15, 0.2) is 54.6 Å². The van der Waals surface area contributed by atoms with Crippen molar-refractivity contribution in [1.29, 1.82) is 0 Å². The van der Waals surface area contributed by atoms with Gasteiger partial charge < -0.3 is 9.84 Å². The topological polar surface area (TPSA) is 87.6 Å². The second-order valence-electron chi connectivity index (χ2n) is 10.3. The summed E-state index contributed by atoms with van der Waals surface area (Å²) >= 11 is 4.43. The van der Waals surface area contributed by atoms with Crippen LogP contribution < -0.4 is 15.0 Å². The first-order valence-corrected chi connectivity index (χ1v) is 13.1. The minimum atomic E-state index is -4.48. The molecule has 3 aromatic rings. The van der Waals surface area contributed by atoms with Crippen LogP contribution in [0.25, 0.3) is 11.3 Å². The molecule has 7 nitrogen and oxygen atoms in total. The molecule has 1 aliphatic rings. The number of nitrogens with one attached hydrogen (secondary N) is 1. The lowest BCUT2D eigenvalue weighted by molar-refractivity contribution is -0.137. The Hall–Kier alpha value is -3.31. The van der Waals surface area contributed by atoms with Crippen LogP contribution in [0, 0.1) is 5.92 Å². The normalized spacial score (nSPS) is 16.3. The number of hydrogen-bond acceptors (Lipinski definition) is 6. The number of carbonyl (C=O) groups excluding carboxylic acids is 1. The van der Waals surface area contributed by atoms with Crippen molar-refractivity contribution in [1.82, 2.24) is 9.97 Å². The van der Waals surface area contributed by atoms with Gasteiger partial charge in [0.2, 0.25) is 5.88 Å². The van der Waals surface area contributed by atoms with E-state index in [4.69, 9.17) is 4.74 Å². The maximum Gasteiger partial charge on any atom is 0.416 e. The fourth-order valence-corrected chi connectivity index (χ4v) is 4.40. The van der Waals surface area contributed by atoms with Crippen LogP contribution in [0.4, 0.5) is 29.6 Å². The van der Waals surface area contributed by atoms with Crippen LogP contribution in [0.5, 0.6) is 5.88 Å². The van der Waals surface area contributed by atoms with E-state index in [1.165, 1.54) is 11.0 Å². The summed E-state index contributed by atoms with van der Waals surface area (Å²) in [5, 5.41) is 11.9. The number of pyridine rings is 2. The molecule has 4 rings (SSSR count). The van der Waals surface area contributed by atoms with E-state index in [1.54, 1.807) is 30.3 Å². The van der Waals surface area contributed by atoms with E-state index in [2.05, 4.69) is 27.9 Å². The number of ether oxygens (including phenoxy) is 1. The number of nitrogens with zero attached hydrogens (tertiary/aromatic N) is 3. The molecule has 0 saturated heterocycles. The second kappa shape index (κ2) is 11.4. The first kappa shape index (κ1) is 28.7. The van der Waals surface area contributed by atoms with Crippen LogP contribution >= 0.6 is 12.6 Å². The molecule has 2 unspecified atom stereocenters. The predicted octanol–water partition coefficient (Wildman–Crippen LogP) is 6.19. The Bertz CT molecular complexity index is 1340. The van der Waals surface area contributed by atoms with Gasteiger partial charge in [0.15, 0.2) is 0 Å². The first-order valence-electron chi connectivity index (χ1n) is 12.6.